The first kappa shape index (κ1) is 22.4. The first-order valence-corrected chi connectivity index (χ1v) is 11.0. The number of carbonyl (C=O) groups is 1. The van der Waals surface area contributed by atoms with Crippen molar-refractivity contribution >= 4 is 23.1 Å². The van der Waals surface area contributed by atoms with Gasteiger partial charge in [-0.3, -0.25) is 4.79 Å². The Balaban J connectivity index is 1.76. The van der Waals surface area contributed by atoms with Crippen LogP contribution in [-0.4, -0.2) is 29.7 Å². The third kappa shape index (κ3) is 4.85. The van der Waals surface area contributed by atoms with Crippen LogP contribution < -0.4 is 9.64 Å². The van der Waals surface area contributed by atoms with Crippen molar-refractivity contribution in [1.82, 2.24) is 4.98 Å². The lowest BCUT2D eigenvalue weighted by molar-refractivity contribution is -0.136. The van der Waals surface area contributed by atoms with E-state index < -0.39 is 5.97 Å². The van der Waals surface area contributed by atoms with Crippen molar-refractivity contribution < 1.29 is 19.1 Å². The number of carboxylic acids is 1. The van der Waals surface area contributed by atoms with Crippen molar-refractivity contribution in [3.63, 3.8) is 0 Å². The lowest BCUT2D eigenvalue weighted by Crippen LogP contribution is -2.22. The minimum Gasteiger partial charge on any atom is -0.496 e. The number of carboxylic acid groups (broad SMARTS) is 1. The summed E-state index contributed by atoms with van der Waals surface area (Å²) < 4.78 is 11.7. The van der Waals surface area contributed by atoms with Crippen molar-refractivity contribution in [1.29, 1.82) is 0 Å². The highest BCUT2D eigenvalue weighted by atomic mass is 16.5. The van der Waals surface area contributed by atoms with Crippen molar-refractivity contribution in [2.75, 3.05) is 18.6 Å². The fourth-order valence-electron chi connectivity index (χ4n) is 4.05. The normalized spacial score (nSPS) is 11.0. The topological polar surface area (TPSA) is 75.8 Å². The quantitative estimate of drug-likeness (QED) is 0.372. The Morgan fingerprint density at radius 2 is 1.79 bits per heavy atom. The lowest BCUT2D eigenvalue weighted by atomic mass is 9.94. The Labute approximate surface area is 193 Å². The summed E-state index contributed by atoms with van der Waals surface area (Å²) in [6, 6.07) is 18.4. The van der Waals surface area contributed by atoms with Crippen LogP contribution in [0.15, 0.2) is 59.0 Å². The number of aliphatic carboxylic acids is 1. The maximum absolute atomic E-state index is 11.3. The van der Waals surface area contributed by atoms with E-state index in [2.05, 4.69) is 36.9 Å². The molecule has 0 saturated heterocycles. The predicted molar refractivity (Wildman–Crippen MR) is 130 cm³/mol. The van der Waals surface area contributed by atoms with Gasteiger partial charge in [0.1, 0.15) is 11.3 Å². The van der Waals surface area contributed by atoms with Crippen LogP contribution >= 0.6 is 0 Å². The van der Waals surface area contributed by atoms with Gasteiger partial charge in [-0.15, -0.1) is 0 Å². The molecule has 0 saturated carbocycles. The highest BCUT2D eigenvalue weighted by molar-refractivity contribution is 5.78. The standard InChI is InChI=1S/C27H28N2O4/c1-5-29(27-28-23-13-18(3)7-10-25(23)33-27)16-20-12-17(2)6-9-21(20)22-14-19(15-26(30)31)8-11-24(22)32-4/h6-14H,5,15-16H2,1-4H3,(H,30,31). The third-order valence-corrected chi connectivity index (χ3v) is 5.72. The van der Waals surface area contributed by atoms with E-state index in [1.54, 1.807) is 13.2 Å². The zero-order chi connectivity index (χ0) is 23.5. The Bertz CT molecular complexity index is 1310. The van der Waals surface area contributed by atoms with Gasteiger partial charge in [0, 0.05) is 18.7 Å². The van der Waals surface area contributed by atoms with E-state index in [1.165, 1.54) is 0 Å². The van der Waals surface area contributed by atoms with Crippen LogP contribution in [0.1, 0.15) is 29.2 Å². The van der Waals surface area contributed by atoms with Crippen LogP contribution in [0.5, 0.6) is 5.75 Å². The summed E-state index contributed by atoms with van der Waals surface area (Å²) >= 11 is 0. The van der Waals surface area contributed by atoms with Gasteiger partial charge >= 0.3 is 5.97 Å². The van der Waals surface area contributed by atoms with Gasteiger partial charge in [0.2, 0.25) is 0 Å². The molecule has 0 fully saturated rings. The lowest BCUT2D eigenvalue weighted by Gasteiger charge is -2.22. The van der Waals surface area contributed by atoms with E-state index in [4.69, 9.17) is 14.1 Å². The molecule has 0 amide bonds. The molecule has 0 atom stereocenters. The molecule has 0 unspecified atom stereocenters. The predicted octanol–water partition coefficient (Wildman–Crippen LogP) is 5.77. The monoisotopic (exact) mass is 444 g/mol. The number of methoxy groups -OCH3 is 1. The molecule has 4 rings (SSSR count). The second kappa shape index (κ2) is 9.36. The molecule has 0 aliphatic carbocycles. The molecule has 6 nitrogen and oxygen atoms in total. The Hall–Kier alpha value is -3.80. The molecule has 0 aliphatic rings. The smallest absolute Gasteiger partial charge is 0.307 e. The van der Waals surface area contributed by atoms with E-state index >= 15 is 0 Å². The van der Waals surface area contributed by atoms with Crippen molar-refractivity contribution in [3.8, 4) is 16.9 Å². The molecular formula is C27H28N2O4. The molecule has 1 aromatic heterocycles. The third-order valence-electron chi connectivity index (χ3n) is 5.72. The summed E-state index contributed by atoms with van der Waals surface area (Å²) in [5.41, 5.74) is 7.56. The highest BCUT2D eigenvalue weighted by Crippen LogP contribution is 2.35. The molecule has 1 heterocycles. The Morgan fingerprint density at radius 1 is 1.03 bits per heavy atom. The molecule has 33 heavy (non-hydrogen) atoms. The number of benzene rings is 3. The van der Waals surface area contributed by atoms with E-state index in [1.807, 2.05) is 37.3 Å². The number of aryl methyl sites for hydroxylation is 2. The zero-order valence-electron chi connectivity index (χ0n) is 19.4. The minimum absolute atomic E-state index is 0.0401. The van der Waals surface area contributed by atoms with E-state index in [0.29, 0.717) is 18.3 Å². The summed E-state index contributed by atoms with van der Waals surface area (Å²) in [5.74, 6) is -0.159. The number of rotatable bonds is 8. The van der Waals surface area contributed by atoms with E-state index in [0.717, 1.165) is 51.0 Å². The fraction of sp³-hybridized carbons (Fsp3) is 0.259. The fourth-order valence-corrected chi connectivity index (χ4v) is 4.05. The second-order valence-corrected chi connectivity index (χ2v) is 8.25. The van der Waals surface area contributed by atoms with Gasteiger partial charge < -0.3 is 19.2 Å². The average molecular weight is 445 g/mol. The van der Waals surface area contributed by atoms with Crippen molar-refractivity contribution in [2.24, 2.45) is 0 Å². The van der Waals surface area contributed by atoms with Gasteiger partial charge in [0.05, 0.1) is 13.5 Å². The van der Waals surface area contributed by atoms with E-state index in [9.17, 15) is 9.90 Å². The summed E-state index contributed by atoms with van der Waals surface area (Å²) in [5, 5.41) is 9.24. The number of anilines is 1. The second-order valence-electron chi connectivity index (χ2n) is 8.25. The van der Waals surface area contributed by atoms with Gasteiger partial charge in [0.15, 0.2) is 5.58 Å². The number of ether oxygens (including phenoxy) is 1. The summed E-state index contributed by atoms with van der Waals surface area (Å²) in [6.07, 6.45) is -0.0401. The molecule has 0 radical (unpaired) electrons. The molecule has 0 bridgehead atoms. The van der Waals surface area contributed by atoms with Crippen LogP contribution in [0.25, 0.3) is 22.2 Å². The van der Waals surface area contributed by atoms with Gasteiger partial charge in [0.25, 0.3) is 6.01 Å². The van der Waals surface area contributed by atoms with Crippen molar-refractivity contribution in [2.45, 2.75) is 33.7 Å². The molecule has 4 aromatic rings. The van der Waals surface area contributed by atoms with Gasteiger partial charge in [-0.2, -0.15) is 4.98 Å². The molecular weight excluding hydrogens is 416 g/mol. The summed E-state index contributed by atoms with van der Waals surface area (Å²) in [4.78, 5) is 18.1. The Kier molecular flexibility index (Phi) is 6.36. The first-order valence-electron chi connectivity index (χ1n) is 11.0. The van der Waals surface area contributed by atoms with Crippen LogP contribution in [-0.2, 0) is 17.8 Å². The number of nitrogens with zero attached hydrogens (tertiary/aromatic N) is 2. The number of oxazole rings is 1. The number of hydrogen-bond donors (Lipinski definition) is 1. The average Bonchev–Trinajstić information content (AvgIpc) is 3.20. The number of hydrogen-bond acceptors (Lipinski definition) is 5. The molecule has 0 aliphatic heterocycles. The van der Waals surface area contributed by atoms with Gasteiger partial charge in [-0.25, -0.2) is 0 Å². The van der Waals surface area contributed by atoms with E-state index in [-0.39, 0.29) is 6.42 Å². The summed E-state index contributed by atoms with van der Waals surface area (Å²) in [6.45, 7) is 7.48. The maximum Gasteiger partial charge on any atom is 0.307 e. The molecule has 1 N–H and O–H groups in total. The SMILES string of the molecule is CCN(Cc1cc(C)ccc1-c1cc(CC(=O)O)ccc1OC)c1nc2cc(C)ccc2o1. The van der Waals surface area contributed by atoms with Crippen LogP contribution in [0, 0.1) is 13.8 Å². The summed E-state index contributed by atoms with van der Waals surface area (Å²) in [7, 11) is 1.63. The minimum atomic E-state index is -0.862. The van der Waals surface area contributed by atoms with Crippen LogP contribution in [0.3, 0.4) is 0 Å². The first-order chi connectivity index (χ1) is 15.9. The van der Waals surface area contributed by atoms with Gasteiger partial charge in [-0.1, -0.05) is 35.9 Å². The zero-order valence-corrected chi connectivity index (χ0v) is 19.4. The molecule has 0 spiro atoms. The van der Waals surface area contributed by atoms with Gasteiger partial charge in [-0.05, 0) is 67.3 Å². The number of aromatic nitrogens is 1. The van der Waals surface area contributed by atoms with Crippen molar-refractivity contribution in [3.05, 3.63) is 76.9 Å². The van der Waals surface area contributed by atoms with Crippen LogP contribution in [0.2, 0.25) is 0 Å². The highest BCUT2D eigenvalue weighted by Gasteiger charge is 2.18. The molecule has 3 aromatic carbocycles. The molecule has 170 valence electrons. The maximum atomic E-state index is 11.3. The van der Waals surface area contributed by atoms with Crippen LogP contribution in [0.4, 0.5) is 6.01 Å². The largest absolute Gasteiger partial charge is 0.496 e. The Morgan fingerprint density at radius 3 is 2.52 bits per heavy atom. The molecule has 6 heteroatoms. The number of fused-ring (bicyclic) bond motifs is 1.